The molecule has 2 N–H and O–H groups in total. The zero-order valence-corrected chi connectivity index (χ0v) is 16.0. The van der Waals surface area contributed by atoms with Crippen molar-refractivity contribution in [2.45, 2.75) is 37.9 Å². The van der Waals surface area contributed by atoms with Crippen LogP contribution in [0.25, 0.3) is 0 Å². The minimum Gasteiger partial charge on any atom is -0.469 e. The summed E-state index contributed by atoms with van der Waals surface area (Å²) < 4.78 is 9.25. The van der Waals surface area contributed by atoms with E-state index in [-0.39, 0.29) is 28.9 Å². The number of amides is 1. The number of ether oxygens (including phenoxy) is 2. The molecule has 0 aliphatic rings. The second-order valence-electron chi connectivity index (χ2n) is 5.54. The molecular formula is C16H23N3O6S. The molecule has 0 aliphatic heterocycles. The minimum atomic E-state index is -0.740. The Balaban J connectivity index is 2.73. The van der Waals surface area contributed by atoms with Gasteiger partial charge >= 0.3 is 11.9 Å². The number of nitrogens with one attached hydrogen (secondary N) is 2. The van der Waals surface area contributed by atoms with E-state index in [0.717, 1.165) is 11.8 Å². The average molecular weight is 385 g/mol. The van der Waals surface area contributed by atoms with Gasteiger partial charge in [-0.15, -0.1) is 0 Å². The number of rotatable bonds is 9. The van der Waals surface area contributed by atoms with Crippen molar-refractivity contribution in [1.29, 1.82) is 0 Å². The number of nitrogens with zero attached hydrogens (tertiary/aromatic N) is 1. The second-order valence-corrected chi connectivity index (χ2v) is 6.50. The summed E-state index contributed by atoms with van der Waals surface area (Å²) in [5.74, 6) is -1.57. The van der Waals surface area contributed by atoms with Gasteiger partial charge in [-0.2, -0.15) is 0 Å². The molecule has 2 atom stereocenters. The van der Waals surface area contributed by atoms with Crippen molar-refractivity contribution in [3.63, 3.8) is 0 Å². The van der Waals surface area contributed by atoms with E-state index < -0.39 is 29.4 Å². The lowest BCUT2D eigenvalue weighted by Crippen LogP contribution is -2.46. The Hall–Kier alpha value is -2.36. The van der Waals surface area contributed by atoms with Gasteiger partial charge in [-0.3, -0.25) is 14.4 Å². The van der Waals surface area contributed by atoms with Gasteiger partial charge < -0.3 is 19.8 Å². The molecule has 0 aliphatic carbocycles. The zero-order chi connectivity index (χ0) is 19.7. The van der Waals surface area contributed by atoms with Gasteiger partial charge in [0.05, 0.1) is 32.1 Å². The summed E-state index contributed by atoms with van der Waals surface area (Å²) in [7, 11) is 2.50. The van der Waals surface area contributed by atoms with Gasteiger partial charge in [-0.1, -0.05) is 32.0 Å². The number of H-pyrrole nitrogens is 1. The summed E-state index contributed by atoms with van der Waals surface area (Å²) in [4.78, 5) is 53.4. The summed E-state index contributed by atoms with van der Waals surface area (Å²) in [6, 6.07) is 0.452. The van der Waals surface area contributed by atoms with Gasteiger partial charge in [-0.25, -0.2) is 9.78 Å². The van der Waals surface area contributed by atoms with Crippen LogP contribution < -0.4 is 10.9 Å². The smallest absolute Gasteiger partial charge is 0.328 e. The first-order chi connectivity index (χ1) is 12.3. The molecule has 1 rings (SSSR count). The van der Waals surface area contributed by atoms with Gasteiger partial charge in [0, 0.05) is 6.07 Å². The van der Waals surface area contributed by atoms with Gasteiger partial charge in [0.15, 0.2) is 5.16 Å². The molecule has 9 nitrogen and oxygen atoms in total. The van der Waals surface area contributed by atoms with Crippen molar-refractivity contribution in [2.24, 2.45) is 5.92 Å². The fourth-order valence-electron chi connectivity index (χ4n) is 2.01. The molecule has 26 heavy (non-hydrogen) atoms. The fourth-order valence-corrected chi connectivity index (χ4v) is 2.71. The maximum Gasteiger partial charge on any atom is 0.328 e. The quantitative estimate of drug-likeness (QED) is 0.352. The molecule has 0 spiro atoms. The number of methoxy groups -OCH3 is 2. The van der Waals surface area contributed by atoms with Crippen LogP contribution in [0, 0.1) is 5.92 Å². The van der Waals surface area contributed by atoms with Crippen LogP contribution in [0.5, 0.6) is 0 Å². The van der Waals surface area contributed by atoms with E-state index in [1.165, 1.54) is 20.3 Å². The van der Waals surface area contributed by atoms with Crippen molar-refractivity contribution in [2.75, 3.05) is 20.0 Å². The molecule has 0 radical (unpaired) electrons. The zero-order valence-electron chi connectivity index (χ0n) is 15.2. The molecule has 0 unspecified atom stereocenters. The molecule has 1 amide bonds. The minimum absolute atomic E-state index is 0.0610. The molecule has 10 heteroatoms. The maximum atomic E-state index is 12.1. The van der Waals surface area contributed by atoms with Gasteiger partial charge in [0.2, 0.25) is 5.91 Å². The Bertz CT molecular complexity index is 705. The van der Waals surface area contributed by atoms with Gasteiger partial charge in [0.1, 0.15) is 6.04 Å². The first kappa shape index (κ1) is 21.7. The topological polar surface area (TPSA) is 127 Å². The van der Waals surface area contributed by atoms with Crippen LogP contribution in [-0.2, 0) is 30.3 Å². The lowest BCUT2D eigenvalue weighted by Gasteiger charge is -2.21. The molecule has 0 aromatic carbocycles. The van der Waals surface area contributed by atoms with Crippen LogP contribution in [-0.4, -0.2) is 53.8 Å². The number of carbonyl (C=O) groups excluding carboxylic acids is 3. The summed E-state index contributed by atoms with van der Waals surface area (Å²) in [5, 5.41) is 2.83. The van der Waals surface area contributed by atoms with Crippen molar-refractivity contribution in [3.05, 3.63) is 22.1 Å². The molecule has 1 aromatic heterocycles. The third-order valence-corrected chi connectivity index (χ3v) is 4.52. The van der Waals surface area contributed by atoms with E-state index in [1.54, 1.807) is 0 Å². The lowest BCUT2D eigenvalue weighted by molar-refractivity contribution is -0.146. The third kappa shape index (κ3) is 6.87. The standard InChI is InChI=1S/C16H23N3O6S/c1-5-9(2)14(15(23)25-4)18-12(21)8-26-16-17-10(6-11(20)19-16)7-13(22)24-3/h6,9,14H,5,7-8H2,1-4H3,(H,18,21)(H,17,19,20)/t9-,14+/m1/s1. The summed E-state index contributed by atoms with van der Waals surface area (Å²) in [6.07, 6.45) is 0.552. The van der Waals surface area contributed by atoms with E-state index >= 15 is 0 Å². The Labute approximate surface area is 155 Å². The highest BCUT2D eigenvalue weighted by Gasteiger charge is 2.26. The SMILES string of the molecule is CC[C@@H](C)[C@H](NC(=O)CSc1nc(CC(=O)OC)cc(=O)[nH]1)C(=O)OC. The van der Waals surface area contributed by atoms with Crippen LogP contribution in [0.2, 0.25) is 0 Å². The number of hydrogen-bond donors (Lipinski definition) is 2. The van der Waals surface area contributed by atoms with Crippen molar-refractivity contribution in [1.82, 2.24) is 15.3 Å². The van der Waals surface area contributed by atoms with Crippen LogP contribution in [0.1, 0.15) is 26.0 Å². The Morgan fingerprint density at radius 2 is 2.00 bits per heavy atom. The second kappa shape index (κ2) is 10.6. The number of hydrogen-bond acceptors (Lipinski definition) is 8. The lowest BCUT2D eigenvalue weighted by atomic mass is 9.99. The Morgan fingerprint density at radius 1 is 1.31 bits per heavy atom. The van der Waals surface area contributed by atoms with E-state index in [0.29, 0.717) is 6.42 Å². The van der Waals surface area contributed by atoms with Crippen molar-refractivity contribution in [3.8, 4) is 0 Å². The third-order valence-electron chi connectivity index (χ3n) is 3.65. The highest BCUT2D eigenvalue weighted by Crippen LogP contribution is 2.13. The number of esters is 2. The Morgan fingerprint density at radius 3 is 2.58 bits per heavy atom. The molecule has 144 valence electrons. The highest BCUT2D eigenvalue weighted by molar-refractivity contribution is 7.99. The van der Waals surface area contributed by atoms with Gasteiger partial charge in [-0.05, 0) is 5.92 Å². The van der Waals surface area contributed by atoms with Crippen molar-refractivity contribution >= 4 is 29.6 Å². The molecular weight excluding hydrogens is 362 g/mol. The molecule has 1 heterocycles. The largest absolute Gasteiger partial charge is 0.469 e. The van der Waals surface area contributed by atoms with Crippen LogP contribution >= 0.6 is 11.8 Å². The predicted octanol–water partition coefficient (Wildman–Crippen LogP) is 0.281. The number of thioether (sulfide) groups is 1. The number of aromatic nitrogens is 2. The maximum absolute atomic E-state index is 12.1. The first-order valence-electron chi connectivity index (χ1n) is 7.97. The van der Waals surface area contributed by atoms with Crippen LogP contribution in [0.3, 0.4) is 0 Å². The molecule has 0 saturated heterocycles. The summed E-state index contributed by atoms with van der Waals surface area (Å²) in [6.45, 7) is 3.74. The van der Waals surface area contributed by atoms with Crippen LogP contribution in [0.4, 0.5) is 0 Å². The van der Waals surface area contributed by atoms with Crippen molar-refractivity contribution < 1.29 is 23.9 Å². The Kier molecular flexibility index (Phi) is 8.83. The molecule has 1 aromatic rings. The average Bonchev–Trinajstić information content (AvgIpc) is 2.62. The molecule has 0 saturated carbocycles. The number of carbonyl (C=O) groups is 3. The van der Waals surface area contributed by atoms with E-state index in [4.69, 9.17) is 4.74 Å². The van der Waals surface area contributed by atoms with E-state index in [9.17, 15) is 19.2 Å². The highest BCUT2D eigenvalue weighted by atomic mass is 32.2. The predicted molar refractivity (Wildman–Crippen MR) is 94.7 cm³/mol. The summed E-state index contributed by atoms with van der Waals surface area (Å²) in [5.41, 5.74) is -0.190. The summed E-state index contributed by atoms with van der Waals surface area (Å²) >= 11 is 0.989. The van der Waals surface area contributed by atoms with Crippen LogP contribution in [0.15, 0.2) is 16.0 Å². The first-order valence-corrected chi connectivity index (χ1v) is 8.96. The number of aromatic amines is 1. The fraction of sp³-hybridized carbons (Fsp3) is 0.562. The van der Waals surface area contributed by atoms with E-state index in [2.05, 4.69) is 20.0 Å². The van der Waals surface area contributed by atoms with E-state index in [1.807, 2.05) is 13.8 Å². The normalized spacial score (nSPS) is 12.8. The molecule has 0 bridgehead atoms. The monoisotopic (exact) mass is 385 g/mol. The molecule has 0 fully saturated rings. The van der Waals surface area contributed by atoms with Gasteiger partial charge in [0.25, 0.3) is 5.56 Å².